The molecule has 0 aliphatic carbocycles. The minimum atomic E-state index is -0.862. The van der Waals surface area contributed by atoms with Gasteiger partial charge in [-0.2, -0.15) is 9.65 Å². The first-order valence-corrected chi connectivity index (χ1v) is 6.79. The minimum Gasteiger partial charge on any atom is -0.486 e. The maximum absolute atomic E-state index is 13.6. The molecule has 0 aliphatic rings. The van der Waals surface area contributed by atoms with Crippen molar-refractivity contribution in [1.29, 1.82) is 5.26 Å². The number of nitrogens with zero attached hydrogens (tertiary/aromatic N) is 2. The van der Waals surface area contributed by atoms with E-state index in [4.69, 9.17) is 14.7 Å². The number of pyridine rings is 1. The zero-order valence-electron chi connectivity index (χ0n) is 13.2. The lowest BCUT2D eigenvalue weighted by Crippen LogP contribution is -2.24. The molecule has 0 bridgehead atoms. The summed E-state index contributed by atoms with van der Waals surface area (Å²) in [5, 5.41) is 7.62. The SMILES string of the molecule is CCC#N.CCCOc1c(F)ncc(F)c1OC(C)(C)C. The fourth-order valence-corrected chi connectivity index (χ4v) is 1.16. The van der Waals surface area contributed by atoms with Crippen LogP contribution >= 0.6 is 0 Å². The predicted molar refractivity (Wildman–Crippen MR) is 76.2 cm³/mol. The van der Waals surface area contributed by atoms with E-state index in [0.717, 1.165) is 6.20 Å². The van der Waals surface area contributed by atoms with Gasteiger partial charge < -0.3 is 9.47 Å². The summed E-state index contributed by atoms with van der Waals surface area (Å²) in [6.45, 7) is 9.20. The van der Waals surface area contributed by atoms with Gasteiger partial charge in [-0.1, -0.05) is 13.8 Å². The fourth-order valence-electron chi connectivity index (χ4n) is 1.16. The van der Waals surface area contributed by atoms with Gasteiger partial charge in [0.25, 0.3) is 5.95 Å². The lowest BCUT2D eigenvalue weighted by atomic mass is 10.2. The van der Waals surface area contributed by atoms with E-state index in [-0.39, 0.29) is 18.1 Å². The molecule has 1 rings (SSSR count). The summed E-state index contributed by atoms with van der Waals surface area (Å²) in [6.07, 6.45) is 2.10. The monoisotopic (exact) mass is 300 g/mol. The van der Waals surface area contributed by atoms with E-state index >= 15 is 0 Å². The zero-order chi connectivity index (χ0) is 16.5. The number of hydrogen-bond donors (Lipinski definition) is 0. The second-order valence-corrected chi connectivity index (χ2v) is 5.13. The van der Waals surface area contributed by atoms with Crippen LogP contribution in [0.2, 0.25) is 0 Å². The maximum Gasteiger partial charge on any atom is 0.259 e. The Morgan fingerprint density at radius 3 is 2.24 bits per heavy atom. The highest BCUT2D eigenvalue weighted by atomic mass is 19.1. The van der Waals surface area contributed by atoms with Crippen molar-refractivity contribution in [1.82, 2.24) is 4.98 Å². The summed E-state index contributed by atoms with van der Waals surface area (Å²) in [7, 11) is 0. The van der Waals surface area contributed by atoms with Crippen molar-refractivity contribution in [2.24, 2.45) is 0 Å². The number of nitriles is 1. The van der Waals surface area contributed by atoms with Crippen LogP contribution in [0.4, 0.5) is 8.78 Å². The number of rotatable bonds is 4. The fraction of sp³-hybridized carbons (Fsp3) is 0.600. The Kier molecular flexibility index (Phi) is 8.29. The van der Waals surface area contributed by atoms with E-state index in [1.165, 1.54) is 0 Å². The van der Waals surface area contributed by atoms with Gasteiger partial charge in [0.05, 0.1) is 18.9 Å². The third-order valence-corrected chi connectivity index (χ3v) is 1.92. The van der Waals surface area contributed by atoms with Gasteiger partial charge in [-0.05, 0) is 27.2 Å². The standard InChI is InChI=1S/C12H17F2NO2.C3H5N/c1-5-6-16-10-9(17-12(2,3)4)8(13)7-15-11(10)14;1-2-3-4/h7H,5-6H2,1-4H3;2H2,1H3. The van der Waals surface area contributed by atoms with Crippen LogP contribution in [0.15, 0.2) is 6.20 Å². The number of halogens is 2. The summed E-state index contributed by atoms with van der Waals surface area (Å²) in [5.41, 5.74) is -0.640. The molecule has 0 saturated heterocycles. The van der Waals surface area contributed by atoms with Crippen molar-refractivity contribution in [3.05, 3.63) is 18.0 Å². The highest BCUT2D eigenvalue weighted by Gasteiger charge is 2.23. The second-order valence-electron chi connectivity index (χ2n) is 5.13. The minimum absolute atomic E-state index is 0.224. The first-order chi connectivity index (χ1) is 9.76. The summed E-state index contributed by atoms with van der Waals surface area (Å²) >= 11 is 0. The van der Waals surface area contributed by atoms with E-state index in [2.05, 4.69) is 4.98 Å². The van der Waals surface area contributed by atoms with Crippen LogP contribution in [0, 0.1) is 23.1 Å². The average Bonchev–Trinajstić information content (AvgIpc) is 2.41. The summed E-state index contributed by atoms with van der Waals surface area (Å²) < 4.78 is 37.5. The number of ether oxygens (including phenoxy) is 2. The zero-order valence-corrected chi connectivity index (χ0v) is 13.2. The summed E-state index contributed by atoms with van der Waals surface area (Å²) in [5.74, 6) is -2.08. The van der Waals surface area contributed by atoms with Gasteiger partial charge in [-0.3, -0.25) is 0 Å². The molecule has 1 aromatic rings. The third-order valence-electron chi connectivity index (χ3n) is 1.92. The van der Waals surface area contributed by atoms with E-state index in [0.29, 0.717) is 12.8 Å². The Morgan fingerprint density at radius 2 is 1.81 bits per heavy atom. The van der Waals surface area contributed by atoms with E-state index in [9.17, 15) is 8.78 Å². The predicted octanol–water partition coefficient (Wildman–Crippen LogP) is 4.25. The van der Waals surface area contributed by atoms with Crippen molar-refractivity contribution in [3.8, 4) is 17.6 Å². The normalized spacial score (nSPS) is 10.2. The molecule has 6 heteroatoms. The molecule has 0 atom stereocenters. The van der Waals surface area contributed by atoms with E-state index in [1.807, 2.05) is 19.9 Å². The molecule has 0 radical (unpaired) electrons. The second kappa shape index (κ2) is 9.11. The van der Waals surface area contributed by atoms with Crippen LogP contribution in [-0.2, 0) is 0 Å². The highest BCUT2D eigenvalue weighted by molar-refractivity contribution is 5.39. The van der Waals surface area contributed by atoms with Crippen LogP contribution in [0.25, 0.3) is 0 Å². The van der Waals surface area contributed by atoms with Gasteiger partial charge in [0.2, 0.25) is 11.5 Å². The largest absolute Gasteiger partial charge is 0.486 e. The molecule has 21 heavy (non-hydrogen) atoms. The molecule has 1 aromatic heterocycles. The van der Waals surface area contributed by atoms with Crippen LogP contribution in [0.5, 0.6) is 11.5 Å². The summed E-state index contributed by atoms with van der Waals surface area (Å²) in [6, 6.07) is 1.93. The molecule has 4 nitrogen and oxygen atoms in total. The molecule has 1 heterocycles. The topological polar surface area (TPSA) is 55.1 Å². The quantitative estimate of drug-likeness (QED) is 0.780. The van der Waals surface area contributed by atoms with Gasteiger partial charge in [0, 0.05) is 6.42 Å². The van der Waals surface area contributed by atoms with Crippen molar-refractivity contribution in [2.75, 3.05) is 6.61 Å². The number of hydrogen-bond acceptors (Lipinski definition) is 4. The Hall–Kier alpha value is -1.90. The highest BCUT2D eigenvalue weighted by Crippen LogP contribution is 2.34. The van der Waals surface area contributed by atoms with Gasteiger partial charge in [-0.15, -0.1) is 0 Å². The van der Waals surface area contributed by atoms with Crippen LogP contribution < -0.4 is 9.47 Å². The molecule has 118 valence electrons. The van der Waals surface area contributed by atoms with E-state index in [1.54, 1.807) is 20.8 Å². The number of aromatic nitrogens is 1. The first-order valence-electron chi connectivity index (χ1n) is 6.79. The molecule has 0 unspecified atom stereocenters. The van der Waals surface area contributed by atoms with Gasteiger partial charge in [0.1, 0.15) is 5.60 Å². The molecule has 0 spiro atoms. The van der Waals surface area contributed by atoms with Gasteiger partial charge in [0.15, 0.2) is 5.82 Å². The smallest absolute Gasteiger partial charge is 0.259 e. The van der Waals surface area contributed by atoms with Crippen LogP contribution in [-0.4, -0.2) is 17.2 Å². The molecular formula is C15H22F2N2O2. The molecule has 0 aromatic carbocycles. The van der Waals surface area contributed by atoms with E-state index < -0.39 is 17.4 Å². The third kappa shape index (κ3) is 7.45. The summed E-state index contributed by atoms with van der Waals surface area (Å²) in [4.78, 5) is 3.28. The molecule has 0 N–H and O–H groups in total. The Bertz CT molecular complexity index is 480. The van der Waals surface area contributed by atoms with Gasteiger partial charge in [-0.25, -0.2) is 9.37 Å². The van der Waals surface area contributed by atoms with Crippen molar-refractivity contribution in [3.63, 3.8) is 0 Å². The first kappa shape index (κ1) is 19.1. The average molecular weight is 300 g/mol. The molecule has 0 saturated carbocycles. The Morgan fingerprint density at radius 1 is 1.24 bits per heavy atom. The van der Waals surface area contributed by atoms with Gasteiger partial charge >= 0.3 is 0 Å². The molecule has 0 fully saturated rings. The van der Waals surface area contributed by atoms with Crippen molar-refractivity contribution < 1.29 is 18.3 Å². The molecule has 0 aliphatic heterocycles. The Balaban J connectivity index is 0.000000885. The van der Waals surface area contributed by atoms with Crippen LogP contribution in [0.1, 0.15) is 47.5 Å². The lowest BCUT2D eigenvalue weighted by Gasteiger charge is -2.23. The maximum atomic E-state index is 13.6. The lowest BCUT2D eigenvalue weighted by molar-refractivity contribution is 0.114. The van der Waals surface area contributed by atoms with Crippen molar-refractivity contribution in [2.45, 2.75) is 53.1 Å². The van der Waals surface area contributed by atoms with Crippen LogP contribution in [0.3, 0.4) is 0 Å². The van der Waals surface area contributed by atoms with Crippen molar-refractivity contribution >= 4 is 0 Å². The molecular weight excluding hydrogens is 278 g/mol. The molecule has 0 amide bonds. The Labute approximate surface area is 124 Å².